The third-order valence-corrected chi connectivity index (χ3v) is 12.5. The average Bonchev–Trinajstić information content (AvgIpc) is 3.38. The van der Waals surface area contributed by atoms with Gasteiger partial charge in [-0.2, -0.15) is 0 Å². The van der Waals surface area contributed by atoms with Gasteiger partial charge in [0.25, 0.3) is 0 Å². The Bertz CT molecular complexity index is 1090. The molecule has 0 bridgehead atoms. The van der Waals surface area contributed by atoms with Crippen molar-refractivity contribution in [1.82, 2.24) is 0 Å². The molecule has 1 fully saturated rings. The minimum Gasteiger partial charge on any atom is -0.496 e. The molecule has 1 aliphatic rings. The largest absolute Gasteiger partial charge is 0.496 e. The molecule has 1 saturated carbocycles. The van der Waals surface area contributed by atoms with Crippen LogP contribution in [0.25, 0.3) is 0 Å². The first kappa shape index (κ1) is 30.0. The Morgan fingerprint density at radius 3 is 2.16 bits per heavy atom. The zero-order valence-corrected chi connectivity index (χ0v) is 25.4. The van der Waals surface area contributed by atoms with Crippen molar-refractivity contribution in [2.45, 2.75) is 70.7 Å². The summed E-state index contributed by atoms with van der Waals surface area (Å²) >= 11 is 0. The van der Waals surface area contributed by atoms with Crippen molar-refractivity contribution in [1.29, 1.82) is 0 Å². The van der Waals surface area contributed by atoms with Crippen LogP contribution < -0.4 is 18.9 Å². The van der Waals surface area contributed by atoms with Gasteiger partial charge >= 0.3 is 0 Å². The van der Waals surface area contributed by atoms with Crippen LogP contribution in [0.2, 0.25) is 18.1 Å². The summed E-state index contributed by atoms with van der Waals surface area (Å²) in [6.07, 6.45) is 2.67. The van der Waals surface area contributed by atoms with Crippen LogP contribution in [0.15, 0.2) is 30.3 Å². The molecule has 7 nitrogen and oxygen atoms in total. The van der Waals surface area contributed by atoms with Gasteiger partial charge in [-0.3, -0.25) is 4.79 Å². The molecular weight excluding hydrogens is 500 g/mol. The van der Waals surface area contributed by atoms with Gasteiger partial charge in [-0.25, -0.2) is 0 Å². The lowest BCUT2D eigenvalue weighted by molar-refractivity contribution is 0.0511. The Balaban J connectivity index is 1.99. The number of carbonyl (C=O) groups excluding carboxylic acids is 1. The molecule has 2 aromatic carbocycles. The fraction of sp³-hybridized carbons (Fsp3) is 0.567. The van der Waals surface area contributed by atoms with E-state index >= 15 is 0 Å². The highest BCUT2D eigenvalue weighted by Crippen LogP contribution is 2.50. The fourth-order valence-electron chi connectivity index (χ4n) is 4.89. The number of methoxy groups -OCH3 is 4. The van der Waals surface area contributed by atoms with Crippen LogP contribution in [0, 0.1) is 5.92 Å². The second kappa shape index (κ2) is 12.5. The molecule has 0 spiro atoms. The van der Waals surface area contributed by atoms with E-state index in [4.69, 9.17) is 28.1 Å². The van der Waals surface area contributed by atoms with Gasteiger partial charge in [0.1, 0.15) is 11.5 Å². The number of carbonyl (C=O) groups is 1. The second-order valence-electron chi connectivity index (χ2n) is 11.3. The standard InChI is InChI=1S/C30H44O7Si/c1-30(2,3)38(8,9)37-18-25-28(34-6)24(17-26(33-5)29(25)35-7)22-11-10-12-23(22)27(31)20-13-15-21(16-14-20)36-19-32-4/h13-17,22-23H,10-12,18-19H2,1-9H3. The van der Waals surface area contributed by atoms with Gasteiger partial charge in [0.05, 0.1) is 33.5 Å². The molecule has 2 unspecified atom stereocenters. The summed E-state index contributed by atoms with van der Waals surface area (Å²) in [5.74, 6) is 2.57. The molecule has 0 aromatic heterocycles. The SMILES string of the molecule is COCOc1ccc(C(=O)C2CCCC2c2cc(OC)c(OC)c(CO[Si](C)(C)C(C)(C)C)c2OC)cc1. The molecule has 0 saturated heterocycles. The predicted molar refractivity (Wildman–Crippen MR) is 151 cm³/mol. The van der Waals surface area contributed by atoms with E-state index in [-0.39, 0.29) is 29.5 Å². The maximum absolute atomic E-state index is 13.7. The number of rotatable bonds is 12. The summed E-state index contributed by atoms with van der Waals surface area (Å²) in [6.45, 7) is 11.6. The first-order chi connectivity index (χ1) is 18.0. The average molecular weight is 545 g/mol. The normalized spacial score (nSPS) is 17.8. The number of hydrogen-bond donors (Lipinski definition) is 0. The third-order valence-electron chi connectivity index (χ3n) is 8.07. The quantitative estimate of drug-likeness (QED) is 0.162. The fourth-order valence-corrected chi connectivity index (χ4v) is 5.83. The second-order valence-corrected chi connectivity index (χ2v) is 16.2. The van der Waals surface area contributed by atoms with Crippen molar-refractivity contribution >= 4 is 14.1 Å². The molecule has 0 aliphatic heterocycles. The maximum Gasteiger partial charge on any atom is 0.192 e. The van der Waals surface area contributed by atoms with Crippen molar-refractivity contribution in [2.75, 3.05) is 35.2 Å². The molecule has 0 radical (unpaired) electrons. The topological polar surface area (TPSA) is 72.5 Å². The number of ketones is 1. The monoisotopic (exact) mass is 544 g/mol. The number of hydrogen-bond acceptors (Lipinski definition) is 7. The molecule has 1 aliphatic carbocycles. The molecule has 8 heteroatoms. The van der Waals surface area contributed by atoms with Crippen LogP contribution in [0.4, 0.5) is 0 Å². The van der Waals surface area contributed by atoms with Crippen LogP contribution in [-0.4, -0.2) is 49.3 Å². The smallest absolute Gasteiger partial charge is 0.192 e. The lowest BCUT2D eigenvalue weighted by Gasteiger charge is -2.36. The summed E-state index contributed by atoms with van der Waals surface area (Å²) in [5, 5.41) is 0.0578. The van der Waals surface area contributed by atoms with Crippen LogP contribution >= 0.6 is 0 Å². The van der Waals surface area contributed by atoms with Gasteiger partial charge in [-0.1, -0.05) is 27.2 Å². The van der Waals surface area contributed by atoms with E-state index in [1.165, 1.54) is 0 Å². The van der Waals surface area contributed by atoms with Gasteiger partial charge in [0.15, 0.2) is 32.4 Å². The van der Waals surface area contributed by atoms with Crippen molar-refractivity contribution < 1.29 is 32.9 Å². The zero-order chi connectivity index (χ0) is 28.1. The van der Waals surface area contributed by atoms with Gasteiger partial charge in [-0.15, -0.1) is 0 Å². The van der Waals surface area contributed by atoms with Gasteiger partial charge in [-0.05, 0) is 67.2 Å². The van der Waals surface area contributed by atoms with E-state index in [1.54, 1.807) is 28.4 Å². The molecule has 38 heavy (non-hydrogen) atoms. The van der Waals surface area contributed by atoms with Crippen LogP contribution in [0.3, 0.4) is 0 Å². The first-order valence-electron chi connectivity index (χ1n) is 13.2. The lowest BCUT2D eigenvalue weighted by Crippen LogP contribution is -2.40. The Kier molecular flexibility index (Phi) is 9.89. The van der Waals surface area contributed by atoms with Crippen LogP contribution in [0.5, 0.6) is 23.0 Å². The van der Waals surface area contributed by atoms with E-state index in [0.717, 1.165) is 36.1 Å². The Labute approximate surface area is 228 Å². The molecule has 0 heterocycles. The third kappa shape index (κ3) is 6.35. The highest BCUT2D eigenvalue weighted by Gasteiger charge is 2.40. The molecule has 3 rings (SSSR count). The molecule has 0 amide bonds. The number of Topliss-reactive ketones (excluding diaryl/α,β-unsaturated/α-hetero) is 1. The molecule has 2 aromatic rings. The Hall–Kier alpha value is -2.55. The van der Waals surface area contributed by atoms with Crippen molar-refractivity contribution in [3.05, 3.63) is 47.0 Å². The Morgan fingerprint density at radius 1 is 0.947 bits per heavy atom. The first-order valence-corrected chi connectivity index (χ1v) is 16.1. The van der Waals surface area contributed by atoms with E-state index in [2.05, 4.69) is 33.9 Å². The highest BCUT2D eigenvalue weighted by molar-refractivity contribution is 6.74. The van der Waals surface area contributed by atoms with Crippen LogP contribution in [-0.2, 0) is 15.8 Å². The minimum atomic E-state index is -2.05. The summed E-state index contributed by atoms with van der Waals surface area (Å²) in [6, 6.07) is 9.25. The summed E-state index contributed by atoms with van der Waals surface area (Å²) < 4.78 is 34.6. The minimum absolute atomic E-state index is 0.00621. The van der Waals surface area contributed by atoms with Crippen molar-refractivity contribution in [2.24, 2.45) is 5.92 Å². The molecule has 210 valence electrons. The molecule has 2 atom stereocenters. The van der Waals surface area contributed by atoms with Gasteiger partial charge in [0.2, 0.25) is 0 Å². The van der Waals surface area contributed by atoms with Gasteiger partial charge in [0, 0.05) is 24.2 Å². The zero-order valence-electron chi connectivity index (χ0n) is 24.4. The predicted octanol–water partition coefficient (Wildman–Crippen LogP) is 6.98. The highest BCUT2D eigenvalue weighted by atomic mass is 28.4. The van der Waals surface area contributed by atoms with E-state index in [9.17, 15) is 4.79 Å². The summed E-state index contributed by atoms with van der Waals surface area (Å²) in [7, 11) is 4.47. The van der Waals surface area contributed by atoms with Crippen molar-refractivity contribution in [3.8, 4) is 23.0 Å². The van der Waals surface area contributed by atoms with E-state index in [1.807, 2.05) is 30.3 Å². The maximum atomic E-state index is 13.7. The van der Waals surface area contributed by atoms with E-state index < -0.39 is 8.32 Å². The molecule has 0 N–H and O–H groups in total. The number of benzene rings is 2. The Morgan fingerprint density at radius 2 is 1.61 bits per heavy atom. The van der Waals surface area contributed by atoms with Gasteiger partial charge < -0.3 is 28.1 Å². The lowest BCUT2D eigenvalue weighted by atomic mass is 9.82. The molecular formula is C30H44O7Si. The van der Waals surface area contributed by atoms with Crippen LogP contribution in [0.1, 0.15) is 67.4 Å². The van der Waals surface area contributed by atoms with Crippen molar-refractivity contribution in [3.63, 3.8) is 0 Å². The van der Waals surface area contributed by atoms with E-state index in [0.29, 0.717) is 29.4 Å². The number of ether oxygens (including phenoxy) is 5. The summed E-state index contributed by atoms with van der Waals surface area (Å²) in [5.41, 5.74) is 2.47. The summed E-state index contributed by atoms with van der Waals surface area (Å²) in [4.78, 5) is 13.7.